The van der Waals surface area contributed by atoms with Crippen LogP contribution in [0.1, 0.15) is 12.5 Å². The molecule has 0 atom stereocenters. The molecule has 1 aromatic carbocycles. The molecule has 1 rings (SSSR count). The molecule has 0 heterocycles. The van der Waals surface area contributed by atoms with Crippen molar-refractivity contribution >= 4 is 21.4 Å². The largest absolute Gasteiger partial charge is 0.399 e. The maximum atomic E-state index is 11.5. The third-order valence-corrected chi connectivity index (χ3v) is 3.88. The van der Waals surface area contributed by atoms with Crippen LogP contribution in [0.4, 0.5) is 11.4 Å². The van der Waals surface area contributed by atoms with Gasteiger partial charge in [0.25, 0.3) is 0 Å². The molecule has 0 bridgehead atoms. The molecule has 0 saturated heterocycles. The van der Waals surface area contributed by atoms with Crippen molar-refractivity contribution in [2.24, 2.45) is 5.14 Å². The number of rotatable bonds is 6. The second-order valence-electron chi connectivity index (χ2n) is 4.33. The van der Waals surface area contributed by atoms with Gasteiger partial charge in [-0.3, -0.25) is 0 Å². The van der Waals surface area contributed by atoms with Gasteiger partial charge in [0.2, 0.25) is 10.0 Å². The lowest BCUT2D eigenvalue weighted by Crippen LogP contribution is -2.25. The number of nitrogens with two attached hydrogens (primary N) is 2. The maximum Gasteiger partial charge on any atom is 0.238 e. The first-order valence-electron chi connectivity index (χ1n) is 5.99. The lowest BCUT2D eigenvalue weighted by molar-refractivity contribution is 0.154. The van der Waals surface area contributed by atoms with Gasteiger partial charge < -0.3 is 15.4 Å². The first-order valence-corrected chi connectivity index (χ1v) is 7.53. The van der Waals surface area contributed by atoms with Crippen LogP contribution < -0.4 is 15.8 Å². The third-order valence-electron chi connectivity index (χ3n) is 2.85. The predicted octanol–water partition coefficient (Wildman–Crippen LogP) is 0.697. The zero-order chi connectivity index (χ0) is 14.6. The van der Waals surface area contributed by atoms with E-state index in [4.69, 9.17) is 15.6 Å². The predicted molar refractivity (Wildman–Crippen MR) is 76.7 cm³/mol. The minimum Gasteiger partial charge on any atom is -0.399 e. The Bertz CT molecular complexity index is 543. The molecule has 0 aliphatic rings. The Kier molecular flexibility index (Phi) is 5.16. The number of benzene rings is 1. The summed E-state index contributed by atoms with van der Waals surface area (Å²) < 4.78 is 28.3. The van der Waals surface area contributed by atoms with Gasteiger partial charge in [-0.15, -0.1) is 0 Å². The summed E-state index contributed by atoms with van der Waals surface area (Å²) in [5.74, 6) is 0. The van der Waals surface area contributed by atoms with E-state index in [1.807, 2.05) is 18.9 Å². The van der Waals surface area contributed by atoms with E-state index in [2.05, 4.69) is 0 Å². The molecule has 0 aliphatic carbocycles. The zero-order valence-electron chi connectivity index (χ0n) is 11.5. The van der Waals surface area contributed by atoms with Crippen molar-refractivity contribution in [1.82, 2.24) is 0 Å². The topological polar surface area (TPSA) is 98.7 Å². The number of sulfonamides is 1. The number of nitrogens with zero attached hydrogens (tertiary/aromatic N) is 1. The van der Waals surface area contributed by atoms with Crippen LogP contribution in [-0.2, 0) is 14.8 Å². The van der Waals surface area contributed by atoms with Crippen LogP contribution in [0.15, 0.2) is 17.0 Å². The van der Waals surface area contributed by atoms with Gasteiger partial charge in [0.15, 0.2) is 0 Å². The lowest BCUT2D eigenvalue weighted by Gasteiger charge is -2.23. The summed E-state index contributed by atoms with van der Waals surface area (Å²) in [6.45, 7) is 5.48. The van der Waals surface area contributed by atoms with E-state index >= 15 is 0 Å². The number of ether oxygens (including phenoxy) is 1. The molecule has 0 aromatic heterocycles. The summed E-state index contributed by atoms with van der Waals surface area (Å²) in [6.07, 6.45) is 0. The van der Waals surface area contributed by atoms with Gasteiger partial charge in [0.05, 0.1) is 11.5 Å². The lowest BCUT2D eigenvalue weighted by atomic mass is 10.1. The summed E-state index contributed by atoms with van der Waals surface area (Å²) in [4.78, 5) is 1.96. The highest BCUT2D eigenvalue weighted by Gasteiger charge is 2.17. The fourth-order valence-electron chi connectivity index (χ4n) is 1.85. The Morgan fingerprint density at radius 2 is 2.00 bits per heavy atom. The smallest absolute Gasteiger partial charge is 0.238 e. The van der Waals surface area contributed by atoms with Crippen LogP contribution in [0.5, 0.6) is 0 Å². The molecular weight excluding hydrogens is 266 g/mol. The summed E-state index contributed by atoms with van der Waals surface area (Å²) in [5.41, 5.74) is 7.44. The highest BCUT2D eigenvalue weighted by molar-refractivity contribution is 7.89. The van der Waals surface area contributed by atoms with Crippen molar-refractivity contribution in [3.05, 3.63) is 17.7 Å². The first-order chi connectivity index (χ1) is 8.77. The monoisotopic (exact) mass is 287 g/mol. The molecule has 4 N–H and O–H groups in total. The van der Waals surface area contributed by atoms with Crippen LogP contribution in [0.25, 0.3) is 0 Å². The number of hydrogen-bond donors (Lipinski definition) is 2. The minimum atomic E-state index is -3.78. The van der Waals surface area contributed by atoms with Gasteiger partial charge in [-0.1, -0.05) is 0 Å². The molecule has 1 aromatic rings. The maximum absolute atomic E-state index is 11.5. The van der Waals surface area contributed by atoms with Crippen molar-refractivity contribution in [2.75, 3.05) is 37.4 Å². The van der Waals surface area contributed by atoms with E-state index < -0.39 is 10.0 Å². The van der Waals surface area contributed by atoms with Crippen molar-refractivity contribution in [2.45, 2.75) is 18.7 Å². The number of primary sulfonamides is 1. The molecule has 108 valence electrons. The van der Waals surface area contributed by atoms with Crippen LogP contribution in [-0.4, -0.2) is 35.2 Å². The van der Waals surface area contributed by atoms with Gasteiger partial charge in [0, 0.05) is 31.6 Å². The van der Waals surface area contributed by atoms with E-state index in [1.165, 1.54) is 6.07 Å². The quantitative estimate of drug-likeness (QED) is 0.592. The fraction of sp³-hybridized carbons (Fsp3) is 0.500. The Balaban J connectivity index is 3.11. The summed E-state index contributed by atoms with van der Waals surface area (Å²) in [6, 6.07) is 3.11. The summed E-state index contributed by atoms with van der Waals surface area (Å²) in [7, 11) is -1.92. The Labute approximate surface area is 114 Å². The normalized spacial score (nSPS) is 11.6. The highest BCUT2D eigenvalue weighted by atomic mass is 32.2. The Morgan fingerprint density at radius 3 is 2.53 bits per heavy atom. The molecule has 0 saturated carbocycles. The molecule has 0 unspecified atom stereocenters. The zero-order valence-corrected chi connectivity index (χ0v) is 12.3. The highest BCUT2D eigenvalue weighted by Crippen LogP contribution is 2.28. The van der Waals surface area contributed by atoms with Gasteiger partial charge in [-0.2, -0.15) is 0 Å². The van der Waals surface area contributed by atoms with Crippen molar-refractivity contribution < 1.29 is 13.2 Å². The van der Waals surface area contributed by atoms with E-state index in [0.717, 1.165) is 5.69 Å². The molecule has 0 spiro atoms. The van der Waals surface area contributed by atoms with E-state index in [-0.39, 0.29) is 4.90 Å². The van der Waals surface area contributed by atoms with Crippen LogP contribution >= 0.6 is 0 Å². The standard InChI is InChI=1S/C12H21N3O3S/c1-4-18-6-5-15(3)11-7-10(13)8-12(9(11)2)19(14,16)17/h7-8H,4-6,13H2,1-3H3,(H2,14,16,17). The second-order valence-corrected chi connectivity index (χ2v) is 5.86. The van der Waals surface area contributed by atoms with Gasteiger partial charge >= 0.3 is 0 Å². The van der Waals surface area contributed by atoms with Crippen molar-refractivity contribution in [1.29, 1.82) is 0 Å². The van der Waals surface area contributed by atoms with Crippen LogP contribution in [0, 0.1) is 6.92 Å². The molecule has 6 nitrogen and oxygen atoms in total. The van der Waals surface area contributed by atoms with E-state index in [1.54, 1.807) is 13.0 Å². The molecule has 0 amide bonds. The van der Waals surface area contributed by atoms with Gasteiger partial charge in [0.1, 0.15) is 0 Å². The molecule has 0 aliphatic heterocycles. The molecule has 19 heavy (non-hydrogen) atoms. The number of likely N-dealkylation sites (N-methyl/N-ethyl adjacent to an activating group) is 1. The average molecular weight is 287 g/mol. The Morgan fingerprint density at radius 1 is 1.37 bits per heavy atom. The first kappa shape index (κ1) is 15.7. The number of anilines is 2. The van der Waals surface area contributed by atoms with Gasteiger partial charge in [-0.05, 0) is 31.5 Å². The molecular formula is C12H21N3O3S. The van der Waals surface area contributed by atoms with E-state index in [9.17, 15) is 8.42 Å². The fourth-order valence-corrected chi connectivity index (χ4v) is 2.68. The van der Waals surface area contributed by atoms with Crippen molar-refractivity contribution in [3.8, 4) is 0 Å². The molecule has 7 heteroatoms. The summed E-state index contributed by atoms with van der Waals surface area (Å²) >= 11 is 0. The minimum absolute atomic E-state index is 0.0609. The van der Waals surface area contributed by atoms with Gasteiger partial charge in [-0.25, -0.2) is 13.6 Å². The van der Waals surface area contributed by atoms with Crippen LogP contribution in [0.2, 0.25) is 0 Å². The molecule has 0 radical (unpaired) electrons. The second kappa shape index (κ2) is 6.23. The average Bonchev–Trinajstić information content (AvgIpc) is 2.30. The third kappa shape index (κ3) is 4.09. The van der Waals surface area contributed by atoms with E-state index in [0.29, 0.717) is 31.0 Å². The van der Waals surface area contributed by atoms with Crippen LogP contribution in [0.3, 0.4) is 0 Å². The SMILES string of the molecule is CCOCCN(C)c1cc(N)cc(S(N)(=O)=O)c1C. The number of hydrogen-bond acceptors (Lipinski definition) is 5. The number of nitrogen functional groups attached to an aromatic ring is 1. The molecule has 0 fully saturated rings. The summed E-state index contributed by atoms with van der Waals surface area (Å²) in [5, 5.41) is 5.19. The van der Waals surface area contributed by atoms with Crippen molar-refractivity contribution in [3.63, 3.8) is 0 Å². The Hall–Kier alpha value is -1.31.